The first-order valence-electron chi connectivity index (χ1n) is 6.26. The van der Waals surface area contributed by atoms with Crippen molar-refractivity contribution in [3.05, 3.63) is 16.4 Å². The molecule has 1 rings (SSSR count). The van der Waals surface area contributed by atoms with Crippen molar-refractivity contribution >= 4 is 17.4 Å². The summed E-state index contributed by atoms with van der Waals surface area (Å²) in [4.78, 5) is 2.22. The van der Waals surface area contributed by atoms with Crippen molar-refractivity contribution in [2.45, 2.75) is 40.3 Å². The lowest BCUT2D eigenvalue weighted by atomic mass is 10.3. The first-order chi connectivity index (χ1) is 8.49. The summed E-state index contributed by atoms with van der Waals surface area (Å²) in [7, 11) is 0. The summed E-state index contributed by atoms with van der Waals surface area (Å²) >= 11 is 6.28. The molecule has 0 fully saturated rings. The zero-order valence-electron chi connectivity index (χ0n) is 11.3. The monoisotopic (exact) mass is 271 g/mol. The van der Waals surface area contributed by atoms with Crippen LogP contribution >= 0.6 is 11.6 Å². The number of aryl methyl sites for hydroxylation is 2. The third kappa shape index (κ3) is 3.71. The van der Waals surface area contributed by atoms with Gasteiger partial charge in [-0.15, -0.1) is 0 Å². The van der Waals surface area contributed by atoms with Crippen molar-refractivity contribution in [3.63, 3.8) is 0 Å². The fraction of sp³-hybridized carbons (Fsp3) is 0.667. The smallest absolute Gasteiger partial charge is 0.0918 e. The molecule has 1 aromatic heterocycles. The van der Waals surface area contributed by atoms with Crippen LogP contribution in [-0.4, -0.2) is 33.6 Å². The highest BCUT2D eigenvalue weighted by Crippen LogP contribution is 2.21. The van der Waals surface area contributed by atoms with Crippen LogP contribution < -0.4 is 5.73 Å². The predicted octanol–water partition coefficient (Wildman–Crippen LogP) is 2.01. The average molecular weight is 272 g/mol. The standard InChI is InChI=1S/C12H22ClN5/c1-4-17(7-6-11(14)15)8-10-12(13)9(3)16-18(10)5-2/h4-8H2,1-3H3,(H3,14,15). The van der Waals surface area contributed by atoms with E-state index in [9.17, 15) is 0 Å². The van der Waals surface area contributed by atoms with Crippen LogP contribution in [0.4, 0.5) is 0 Å². The molecule has 0 aliphatic rings. The van der Waals surface area contributed by atoms with E-state index in [1.54, 1.807) is 0 Å². The summed E-state index contributed by atoms with van der Waals surface area (Å²) in [6.45, 7) is 9.30. The van der Waals surface area contributed by atoms with Gasteiger partial charge in [0, 0.05) is 26.1 Å². The van der Waals surface area contributed by atoms with Crippen LogP contribution in [0.5, 0.6) is 0 Å². The minimum absolute atomic E-state index is 0.222. The number of nitrogens with one attached hydrogen (secondary N) is 1. The second-order valence-corrected chi connectivity index (χ2v) is 4.68. The molecule has 0 bridgehead atoms. The van der Waals surface area contributed by atoms with Crippen LogP contribution in [-0.2, 0) is 13.1 Å². The molecule has 6 heteroatoms. The van der Waals surface area contributed by atoms with Gasteiger partial charge < -0.3 is 5.73 Å². The van der Waals surface area contributed by atoms with Gasteiger partial charge >= 0.3 is 0 Å². The molecular weight excluding hydrogens is 250 g/mol. The fourth-order valence-electron chi connectivity index (χ4n) is 1.86. The Kier molecular flexibility index (Phi) is 5.62. The molecule has 0 aromatic carbocycles. The number of nitrogens with two attached hydrogens (primary N) is 1. The van der Waals surface area contributed by atoms with Crippen LogP contribution in [0.2, 0.25) is 5.02 Å². The van der Waals surface area contributed by atoms with Crippen molar-refractivity contribution in [1.82, 2.24) is 14.7 Å². The Bertz CT molecular complexity index is 413. The Balaban J connectivity index is 2.77. The molecule has 0 atom stereocenters. The third-order valence-corrected chi connectivity index (χ3v) is 3.46. The van der Waals surface area contributed by atoms with E-state index in [4.69, 9.17) is 22.7 Å². The number of hydrogen-bond acceptors (Lipinski definition) is 3. The third-order valence-electron chi connectivity index (χ3n) is 2.97. The van der Waals surface area contributed by atoms with Crippen LogP contribution in [0, 0.1) is 12.3 Å². The molecule has 0 unspecified atom stereocenters. The molecule has 18 heavy (non-hydrogen) atoms. The van der Waals surface area contributed by atoms with E-state index in [0.29, 0.717) is 6.42 Å². The summed E-state index contributed by atoms with van der Waals surface area (Å²) in [6, 6.07) is 0. The first-order valence-corrected chi connectivity index (χ1v) is 6.64. The molecule has 0 amide bonds. The molecular formula is C12H22ClN5. The van der Waals surface area contributed by atoms with E-state index in [-0.39, 0.29) is 5.84 Å². The van der Waals surface area contributed by atoms with Gasteiger partial charge in [0.15, 0.2) is 0 Å². The second kappa shape index (κ2) is 6.75. The van der Waals surface area contributed by atoms with Gasteiger partial charge in [0.25, 0.3) is 0 Å². The lowest BCUT2D eigenvalue weighted by molar-refractivity contribution is 0.278. The SMILES string of the molecule is CCN(CCC(=N)N)Cc1c(Cl)c(C)nn1CC. The van der Waals surface area contributed by atoms with Gasteiger partial charge in [0.1, 0.15) is 0 Å². The van der Waals surface area contributed by atoms with Crippen molar-refractivity contribution in [2.24, 2.45) is 5.73 Å². The van der Waals surface area contributed by atoms with Crippen LogP contribution in [0.15, 0.2) is 0 Å². The molecule has 0 saturated heterocycles. The van der Waals surface area contributed by atoms with E-state index < -0.39 is 0 Å². The van der Waals surface area contributed by atoms with E-state index in [1.165, 1.54) is 0 Å². The van der Waals surface area contributed by atoms with Gasteiger partial charge in [-0.1, -0.05) is 18.5 Å². The van der Waals surface area contributed by atoms with Gasteiger partial charge in [-0.25, -0.2) is 0 Å². The zero-order chi connectivity index (χ0) is 13.7. The maximum Gasteiger partial charge on any atom is 0.0918 e. The highest BCUT2D eigenvalue weighted by atomic mass is 35.5. The molecule has 0 aliphatic carbocycles. The van der Waals surface area contributed by atoms with Gasteiger partial charge in [0.2, 0.25) is 0 Å². The number of nitrogens with zero attached hydrogens (tertiary/aromatic N) is 3. The zero-order valence-corrected chi connectivity index (χ0v) is 12.1. The highest BCUT2D eigenvalue weighted by molar-refractivity contribution is 6.31. The second-order valence-electron chi connectivity index (χ2n) is 4.31. The summed E-state index contributed by atoms with van der Waals surface area (Å²) in [5.41, 5.74) is 7.31. The molecule has 1 heterocycles. The average Bonchev–Trinajstić information content (AvgIpc) is 2.61. The number of amidine groups is 1. The van der Waals surface area contributed by atoms with E-state index in [0.717, 1.165) is 42.6 Å². The van der Waals surface area contributed by atoms with Crippen LogP contribution in [0.25, 0.3) is 0 Å². The summed E-state index contributed by atoms with van der Waals surface area (Å²) in [6.07, 6.45) is 0.588. The molecule has 3 N–H and O–H groups in total. The Morgan fingerprint density at radius 3 is 2.67 bits per heavy atom. The minimum Gasteiger partial charge on any atom is -0.388 e. The molecule has 1 aromatic rings. The quantitative estimate of drug-likeness (QED) is 0.589. The number of hydrogen-bond donors (Lipinski definition) is 2. The molecule has 5 nitrogen and oxygen atoms in total. The van der Waals surface area contributed by atoms with E-state index in [2.05, 4.69) is 23.8 Å². The molecule has 102 valence electrons. The summed E-state index contributed by atoms with van der Waals surface area (Å²) in [5, 5.41) is 12.4. The van der Waals surface area contributed by atoms with Crippen molar-refractivity contribution in [1.29, 1.82) is 5.41 Å². The topological polar surface area (TPSA) is 70.9 Å². The van der Waals surface area contributed by atoms with Crippen molar-refractivity contribution < 1.29 is 0 Å². The Morgan fingerprint density at radius 1 is 1.50 bits per heavy atom. The van der Waals surface area contributed by atoms with Gasteiger partial charge in [-0.2, -0.15) is 5.10 Å². The Hall–Kier alpha value is -1.07. The van der Waals surface area contributed by atoms with Crippen LogP contribution in [0.3, 0.4) is 0 Å². The van der Waals surface area contributed by atoms with E-state index in [1.807, 2.05) is 11.6 Å². The first kappa shape index (κ1) is 15.0. The Labute approximate surface area is 113 Å². The van der Waals surface area contributed by atoms with E-state index >= 15 is 0 Å². The maximum atomic E-state index is 7.27. The van der Waals surface area contributed by atoms with Crippen LogP contribution in [0.1, 0.15) is 31.7 Å². The maximum absolute atomic E-state index is 7.27. The highest BCUT2D eigenvalue weighted by Gasteiger charge is 2.15. The number of halogens is 1. The molecule has 0 aliphatic heterocycles. The molecule has 0 radical (unpaired) electrons. The Morgan fingerprint density at radius 2 is 2.17 bits per heavy atom. The van der Waals surface area contributed by atoms with Crippen molar-refractivity contribution in [3.8, 4) is 0 Å². The fourth-order valence-corrected chi connectivity index (χ4v) is 2.05. The predicted molar refractivity (Wildman–Crippen MR) is 75.1 cm³/mol. The van der Waals surface area contributed by atoms with Gasteiger partial charge in [-0.05, 0) is 20.4 Å². The van der Waals surface area contributed by atoms with Gasteiger partial charge in [0.05, 0.1) is 22.2 Å². The van der Waals surface area contributed by atoms with Gasteiger partial charge in [-0.3, -0.25) is 15.0 Å². The lowest BCUT2D eigenvalue weighted by Crippen LogP contribution is -2.28. The largest absolute Gasteiger partial charge is 0.388 e. The molecule has 0 saturated carbocycles. The summed E-state index contributed by atoms with van der Waals surface area (Å²) in [5.74, 6) is 0.222. The normalized spacial score (nSPS) is 11.2. The lowest BCUT2D eigenvalue weighted by Gasteiger charge is -2.20. The van der Waals surface area contributed by atoms with Crippen molar-refractivity contribution in [2.75, 3.05) is 13.1 Å². The summed E-state index contributed by atoms with van der Waals surface area (Å²) < 4.78 is 1.94. The molecule has 0 spiro atoms. The minimum atomic E-state index is 0.222. The number of rotatable bonds is 7. The number of aromatic nitrogens is 2.